The fourth-order valence-electron chi connectivity index (χ4n) is 3.28. The molecule has 0 aromatic heterocycles. The zero-order valence-corrected chi connectivity index (χ0v) is 12.0. The van der Waals surface area contributed by atoms with Crippen LogP contribution in [0.25, 0.3) is 0 Å². The number of hydrogen-bond donors (Lipinski definition) is 1. The fraction of sp³-hybridized carbons (Fsp3) is 0.438. The smallest absolute Gasteiger partial charge is 0.335 e. The van der Waals surface area contributed by atoms with Crippen LogP contribution in [0.2, 0.25) is 0 Å². The fourth-order valence-corrected chi connectivity index (χ4v) is 3.28. The molecule has 0 bridgehead atoms. The van der Waals surface area contributed by atoms with Crippen molar-refractivity contribution in [3.8, 4) is 0 Å². The highest BCUT2D eigenvalue weighted by molar-refractivity contribution is 6.10. The van der Waals surface area contributed by atoms with Gasteiger partial charge in [-0.05, 0) is 29.5 Å². The molecule has 2 atom stereocenters. The molecule has 1 heterocycles. The number of carboxylic acids is 1. The highest BCUT2D eigenvalue weighted by Crippen LogP contribution is 2.63. The third-order valence-electron chi connectivity index (χ3n) is 4.72. The van der Waals surface area contributed by atoms with Crippen molar-refractivity contribution in [3.63, 3.8) is 0 Å². The topological polar surface area (TPSA) is 74.7 Å². The number of nitrogens with zero attached hydrogens (tertiary/aromatic N) is 1. The van der Waals surface area contributed by atoms with E-state index in [2.05, 4.69) is 0 Å². The monoisotopic (exact) mass is 287 g/mol. The molecule has 1 aromatic carbocycles. The summed E-state index contributed by atoms with van der Waals surface area (Å²) in [6.45, 7) is 4.29. The SMILES string of the molecule is CC1(C)C2C(=O)N(CCc3ccc(C(=O)O)cc3)C(=O)C21. The minimum atomic E-state index is -0.964. The van der Waals surface area contributed by atoms with E-state index in [-0.39, 0.29) is 34.6 Å². The molecular formula is C16H17NO4. The number of likely N-dealkylation sites (tertiary alicyclic amines) is 1. The maximum absolute atomic E-state index is 12.2. The molecule has 3 rings (SSSR count). The summed E-state index contributed by atoms with van der Waals surface area (Å²) in [5.74, 6) is -1.36. The molecule has 1 saturated heterocycles. The summed E-state index contributed by atoms with van der Waals surface area (Å²) in [6, 6.07) is 6.51. The first-order valence-corrected chi connectivity index (χ1v) is 7.01. The van der Waals surface area contributed by atoms with Gasteiger partial charge >= 0.3 is 5.97 Å². The summed E-state index contributed by atoms with van der Waals surface area (Å²) in [7, 11) is 0. The standard InChI is InChI=1S/C16H17NO4/c1-16(2)11-12(16)14(19)17(13(11)18)8-7-9-3-5-10(6-4-9)15(20)21/h3-6,11-12H,7-8H2,1-2H3,(H,20,21). The van der Waals surface area contributed by atoms with Gasteiger partial charge in [0.25, 0.3) is 0 Å². The van der Waals surface area contributed by atoms with E-state index >= 15 is 0 Å². The first-order valence-electron chi connectivity index (χ1n) is 7.01. The maximum Gasteiger partial charge on any atom is 0.335 e. The minimum absolute atomic E-state index is 0.0582. The third kappa shape index (κ3) is 2.04. The summed E-state index contributed by atoms with van der Waals surface area (Å²) < 4.78 is 0. The van der Waals surface area contributed by atoms with E-state index in [1.54, 1.807) is 12.1 Å². The molecule has 2 amide bonds. The number of benzene rings is 1. The quantitative estimate of drug-likeness (QED) is 0.853. The third-order valence-corrected chi connectivity index (χ3v) is 4.72. The van der Waals surface area contributed by atoms with E-state index in [4.69, 9.17) is 5.11 Å². The van der Waals surface area contributed by atoms with Crippen LogP contribution in [0.1, 0.15) is 29.8 Å². The van der Waals surface area contributed by atoms with E-state index in [0.717, 1.165) is 5.56 Å². The van der Waals surface area contributed by atoms with Gasteiger partial charge in [-0.3, -0.25) is 14.5 Å². The summed E-state index contributed by atoms with van der Waals surface area (Å²) in [4.78, 5) is 36.5. The van der Waals surface area contributed by atoms with Gasteiger partial charge in [0.05, 0.1) is 17.4 Å². The molecule has 2 fully saturated rings. The van der Waals surface area contributed by atoms with Crippen molar-refractivity contribution in [3.05, 3.63) is 35.4 Å². The van der Waals surface area contributed by atoms with Crippen molar-refractivity contribution in [2.45, 2.75) is 20.3 Å². The predicted octanol–water partition coefficient (Wildman–Crippen LogP) is 1.57. The second kappa shape index (κ2) is 4.41. The zero-order valence-electron chi connectivity index (χ0n) is 12.0. The van der Waals surface area contributed by atoms with Crippen LogP contribution in [0.3, 0.4) is 0 Å². The molecule has 110 valence electrons. The van der Waals surface area contributed by atoms with E-state index in [1.807, 2.05) is 13.8 Å². The van der Waals surface area contributed by atoms with E-state index in [0.29, 0.717) is 13.0 Å². The number of carbonyl (C=O) groups excluding carboxylic acids is 2. The Labute approximate surface area is 122 Å². The average molecular weight is 287 g/mol. The predicted molar refractivity (Wildman–Crippen MR) is 74.6 cm³/mol. The molecule has 0 spiro atoms. The van der Waals surface area contributed by atoms with Gasteiger partial charge in [-0.2, -0.15) is 0 Å². The van der Waals surface area contributed by atoms with Crippen molar-refractivity contribution in [2.75, 3.05) is 6.54 Å². The van der Waals surface area contributed by atoms with Crippen LogP contribution in [-0.4, -0.2) is 34.3 Å². The number of carbonyl (C=O) groups is 3. The molecule has 5 heteroatoms. The Morgan fingerprint density at radius 2 is 1.67 bits per heavy atom. The zero-order chi connectivity index (χ0) is 15.4. The number of carboxylic acid groups (broad SMARTS) is 1. The Kier molecular flexibility index (Phi) is 2.90. The number of piperidine rings is 1. The first kappa shape index (κ1) is 13.8. The van der Waals surface area contributed by atoms with Gasteiger partial charge in [0.2, 0.25) is 11.8 Å². The number of amides is 2. The Balaban J connectivity index is 1.63. The molecule has 1 saturated carbocycles. The molecule has 1 aromatic rings. The number of rotatable bonds is 4. The van der Waals surface area contributed by atoms with Crippen molar-refractivity contribution < 1.29 is 19.5 Å². The van der Waals surface area contributed by atoms with Crippen LogP contribution in [-0.2, 0) is 16.0 Å². The van der Waals surface area contributed by atoms with Gasteiger partial charge in [0.15, 0.2) is 0 Å². The van der Waals surface area contributed by atoms with Gasteiger partial charge in [-0.15, -0.1) is 0 Å². The highest BCUT2D eigenvalue weighted by Gasteiger charge is 2.72. The lowest BCUT2D eigenvalue weighted by Crippen LogP contribution is -2.37. The minimum Gasteiger partial charge on any atom is -0.478 e. The van der Waals surface area contributed by atoms with Crippen molar-refractivity contribution in [1.82, 2.24) is 4.90 Å². The molecule has 21 heavy (non-hydrogen) atoms. The Bertz CT molecular complexity index is 608. The van der Waals surface area contributed by atoms with Gasteiger partial charge in [-0.25, -0.2) is 4.79 Å². The lowest BCUT2D eigenvalue weighted by atomic mass is 10.0. The second-order valence-electron chi connectivity index (χ2n) is 6.36. The van der Waals surface area contributed by atoms with E-state index in [9.17, 15) is 14.4 Å². The normalized spacial score (nSPS) is 25.9. The maximum atomic E-state index is 12.2. The molecule has 5 nitrogen and oxygen atoms in total. The molecule has 1 N–H and O–H groups in total. The summed E-state index contributed by atoms with van der Waals surface area (Å²) in [6.07, 6.45) is 0.553. The number of hydrogen-bond acceptors (Lipinski definition) is 3. The summed E-state index contributed by atoms with van der Waals surface area (Å²) in [5, 5.41) is 8.83. The first-order chi connectivity index (χ1) is 9.84. The van der Waals surface area contributed by atoms with Crippen LogP contribution >= 0.6 is 0 Å². The van der Waals surface area contributed by atoms with Crippen LogP contribution in [0.4, 0.5) is 0 Å². The summed E-state index contributed by atoms with van der Waals surface area (Å²) in [5.41, 5.74) is 0.976. The summed E-state index contributed by atoms with van der Waals surface area (Å²) >= 11 is 0. The second-order valence-corrected chi connectivity index (χ2v) is 6.36. The largest absolute Gasteiger partial charge is 0.478 e. The molecule has 0 radical (unpaired) electrons. The Morgan fingerprint density at radius 3 is 2.14 bits per heavy atom. The number of imide groups is 1. The van der Waals surface area contributed by atoms with Gasteiger partial charge in [0.1, 0.15) is 0 Å². The van der Waals surface area contributed by atoms with Gasteiger partial charge in [0, 0.05) is 6.54 Å². The lowest BCUT2D eigenvalue weighted by Gasteiger charge is -2.20. The van der Waals surface area contributed by atoms with E-state index < -0.39 is 5.97 Å². The van der Waals surface area contributed by atoms with Crippen molar-refractivity contribution in [2.24, 2.45) is 17.3 Å². The van der Waals surface area contributed by atoms with Crippen molar-refractivity contribution >= 4 is 17.8 Å². The molecular weight excluding hydrogens is 270 g/mol. The van der Waals surface area contributed by atoms with Crippen LogP contribution in [0.15, 0.2) is 24.3 Å². The van der Waals surface area contributed by atoms with Crippen LogP contribution < -0.4 is 0 Å². The van der Waals surface area contributed by atoms with Crippen molar-refractivity contribution in [1.29, 1.82) is 0 Å². The lowest BCUT2D eigenvalue weighted by molar-refractivity contribution is -0.142. The Morgan fingerprint density at radius 1 is 1.14 bits per heavy atom. The van der Waals surface area contributed by atoms with Gasteiger partial charge in [-0.1, -0.05) is 26.0 Å². The number of fused-ring (bicyclic) bond motifs is 1. The van der Waals surface area contributed by atoms with E-state index in [1.165, 1.54) is 17.0 Å². The van der Waals surface area contributed by atoms with Crippen LogP contribution in [0.5, 0.6) is 0 Å². The van der Waals surface area contributed by atoms with Gasteiger partial charge < -0.3 is 5.11 Å². The highest BCUT2D eigenvalue weighted by atomic mass is 16.4. The molecule has 1 aliphatic carbocycles. The van der Waals surface area contributed by atoms with Crippen LogP contribution in [0, 0.1) is 17.3 Å². The molecule has 2 aliphatic rings. The molecule has 2 unspecified atom stereocenters. The Hall–Kier alpha value is -2.17. The number of aromatic carboxylic acids is 1. The molecule has 1 aliphatic heterocycles. The average Bonchev–Trinajstić information content (AvgIpc) is 2.90.